The molecule has 0 aliphatic carbocycles. The third-order valence-corrected chi connectivity index (χ3v) is 6.49. The Morgan fingerprint density at radius 3 is 2.45 bits per heavy atom. The van der Waals surface area contributed by atoms with Crippen molar-refractivity contribution in [3.8, 4) is 0 Å². The highest BCUT2D eigenvalue weighted by atomic mass is 32.2. The van der Waals surface area contributed by atoms with Gasteiger partial charge in [-0.15, -0.1) is 0 Å². The SMILES string of the molecule is C[C@@]1(O)CCOC2(CCN(C3CCSCC3)CC2)[C@H]1O. The second-order valence-electron chi connectivity index (χ2n) is 6.80. The molecule has 0 aromatic carbocycles. The molecule has 0 aromatic rings. The van der Waals surface area contributed by atoms with Gasteiger partial charge in [0, 0.05) is 25.6 Å². The van der Waals surface area contributed by atoms with Gasteiger partial charge in [-0.25, -0.2) is 0 Å². The van der Waals surface area contributed by atoms with Crippen LogP contribution in [0.5, 0.6) is 0 Å². The van der Waals surface area contributed by atoms with Crippen molar-refractivity contribution in [2.24, 2.45) is 0 Å². The van der Waals surface area contributed by atoms with E-state index in [1.807, 2.05) is 0 Å². The van der Waals surface area contributed by atoms with Crippen LogP contribution in [-0.2, 0) is 4.74 Å². The molecular weight excluding hydrogens is 274 g/mol. The summed E-state index contributed by atoms with van der Waals surface area (Å²) in [7, 11) is 0. The molecule has 5 heteroatoms. The lowest BCUT2D eigenvalue weighted by Gasteiger charge is -2.52. The largest absolute Gasteiger partial charge is 0.387 e. The second-order valence-corrected chi connectivity index (χ2v) is 8.03. The van der Waals surface area contributed by atoms with Gasteiger partial charge in [0.25, 0.3) is 0 Å². The Kier molecular flexibility index (Phi) is 4.35. The van der Waals surface area contributed by atoms with E-state index >= 15 is 0 Å². The Morgan fingerprint density at radius 1 is 1.15 bits per heavy atom. The van der Waals surface area contributed by atoms with Crippen LogP contribution in [0.1, 0.15) is 39.0 Å². The van der Waals surface area contributed by atoms with E-state index in [0.717, 1.165) is 32.0 Å². The smallest absolute Gasteiger partial charge is 0.111 e. The maximum Gasteiger partial charge on any atom is 0.111 e. The van der Waals surface area contributed by atoms with Gasteiger partial charge in [-0.1, -0.05) is 0 Å². The first-order chi connectivity index (χ1) is 9.54. The molecule has 1 spiro atoms. The van der Waals surface area contributed by atoms with Crippen molar-refractivity contribution in [1.29, 1.82) is 0 Å². The fourth-order valence-electron chi connectivity index (χ4n) is 3.98. The van der Waals surface area contributed by atoms with E-state index < -0.39 is 17.3 Å². The van der Waals surface area contributed by atoms with Crippen molar-refractivity contribution in [2.75, 3.05) is 31.2 Å². The maximum atomic E-state index is 10.5. The number of thioether (sulfide) groups is 1. The zero-order valence-electron chi connectivity index (χ0n) is 12.4. The fourth-order valence-corrected chi connectivity index (χ4v) is 5.06. The Hall–Kier alpha value is 0.190. The van der Waals surface area contributed by atoms with Crippen LogP contribution in [0.2, 0.25) is 0 Å². The van der Waals surface area contributed by atoms with E-state index in [1.54, 1.807) is 6.92 Å². The molecular formula is C15H27NO3S. The maximum absolute atomic E-state index is 10.5. The van der Waals surface area contributed by atoms with Crippen molar-refractivity contribution in [1.82, 2.24) is 4.90 Å². The van der Waals surface area contributed by atoms with E-state index in [9.17, 15) is 10.2 Å². The number of aliphatic hydroxyl groups excluding tert-OH is 1. The molecule has 2 N–H and O–H groups in total. The van der Waals surface area contributed by atoms with E-state index in [4.69, 9.17) is 4.74 Å². The average molecular weight is 301 g/mol. The van der Waals surface area contributed by atoms with Crippen molar-refractivity contribution >= 4 is 11.8 Å². The number of rotatable bonds is 1. The summed E-state index contributed by atoms with van der Waals surface area (Å²) in [6.45, 7) is 4.28. The highest BCUT2D eigenvalue weighted by molar-refractivity contribution is 7.99. The topological polar surface area (TPSA) is 52.9 Å². The van der Waals surface area contributed by atoms with Crippen molar-refractivity contribution in [2.45, 2.75) is 62.4 Å². The Labute approximate surface area is 125 Å². The molecule has 4 nitrogen and oxygen atoms in total. The first kappa shape index (κ1) is 15.1. The quantitative estimate of drug-likeness (QED) is 0.763. The number of nitrogens with zero attached hydrogens (tertiary/aromatic N) is 1. The summed E-state index contributed by atoms with van der Waals surface area (Å²) in [4.78, 5) is 2.57. The molecule has 0 radical (unpaired) electrons. The highest BCUT2D eigenvalue weighted by Crippen LogP contribution is 2.40. The summed E-state index contributed by atoms with van der Waals surface area (Å²) in [5.74, 6) is 2.56. The average Bonchev–Trinajstić information content (AvgIpc) is 2.47. The van der Waals surface area contributed by atoms with E-state index in [0.29, 0.717) is 13.0 Å². The number of hydrogen-bond donors (Lipinski definition) is 2. The first-order valence-corrected chi connectivity index (χ1v) is 9.05. The van der Waals surface area contributed by atoms with Gasteiger partial charge >= 0.3 is 0 Å². The second kappa shape index (κ2) is 5.76. The van der Waals surface area contributed by atoms with Crippen LogP contribution < -0.4 is 0 Å². The Balaban J connectivity index is 1.62. The summed E-state index contributed by atoms with van der Waals surface area (Å²) in [5.41, 5.74) is -1.51. The molecule has 3 saturated heterocycles. The van der Waals surface area contributed by atoms with Gasteiger partial charge in [-0.2, -0.15) is 11.8 Å². The summed E-state index contributed by atoms with van der Waals surface area (Å²) in [6.07, 6.45) is 4.03. The molecule has 3 aliphatic heterocycles. The predicted octanol–water partition coefficient (Wildman–Crippen LogP) is 1.25. The molecule has 3 aliphatic rings. The molecule has 0 unspecified atom stereocenters. The molecule has 0 saturated carbocycles. The van der Waals surface area contributed by atoms with E-state index in [2.05, 4.69) is 16.7 Å². The summed E-state index contributed by atoms with van der Waals surface area (Å²) in [5, 5.41) is 20.8. The normalized spacial score (nSPS) is 40.0. The lowest BCUT2D eigenvalue weighted by molar-refractivity contribution is -0.247. The minimum atomic E-state index is -0.998. The summed E-state index contributed by atoms with van der Waals surface area (Å²) >= 11 is 2.06. The lowest BCUT2D eigenvalue weighted by Crippen LogP contribution is -2.64. The molecule has 0 bridgehead atoms. The van der Waals surface area contributed by atoms with Crippen LogP contribution in [0.25, 0.3) is 0 Å². The summed E-state index contributed by atoms with van der Waals surface area (Å²) in [6, 6.07) is 0.717. The number of piperidine rings is 1. The first-order valence-electron chi connectivity index (χ1n) is 7.90. The van der Waals surface area contributed by atoms with Gasteiger partial charge in [0.2, 0.25) is 0 Å². The van der Waals surface area contributed by atoms with Gasteiger partial charge in [0.05, 0.1) is 17.8 Å². The van der Waals surface area contributed by atoms with Crippen molar-refractivity contribution < 1.29 is 14.9 Å². The minimum Gasteiger partial charge on any atom is -0.387 e. The van der Waals surface area contributed by atoms with Crippen LogP contribution >= 0.6 is 11.8 Å². The number of aliphatic hydroxyl groups is 2. The Morgan fingerprint density at radius 2 is 1.80 bits per heavy atom. The van der Waals surface area contributed by atoms with Gasteiger partial charge in [0.15, 0.2) is 0 Å². The van der Waals surface area contributed by atoms with Crippen LogP contribution in [0.15, 0.2) is 0 Å². The minimum absolute atomic E-state index is 0.512. The van der Waals surface area contributed by atoms with E-state index in [-0.39, 0.29) is 0 Å². The standard InChI is InChI=1S/C15H27NO3S/c1-14(18)6-9-19-15(13(14)17)4-7-16(8-5-15)12-2-10-20-11-3-12/h12-13,17-18H,2-11H2,1H3/t13-,14+/m0/s1. The Bertz CT molecular complexity index is 336. The molecule has 20 heavy (non-hydrogen) atoms. The van der Waals surface area contributed by atoms with Crippen LogP contribution in [0.3, 0.4) is 0 Å². The molecule has 0 amide bonds. The van der Waals surface area contributed by atoms with E-state index in [1.165, 1.54) is 24.3 Å². The van der Waals surface area contributed by atoms with Gasteiger partial charge in [-0.05, 0) is 44.1 Å². The molecule has 0 aromatic heterocycles. The van der Waals surface area contributed by atoms with Crippen molar-refractivity contribution in [3.63, 3.8) is 0 Å². The molecule has 116 valence electrons. The summed E-state index contributed by atoms with van der Waals surface area (Å²) < 4.78 is 5.95. The molecule has 2 atom stereocenters. The van der Waals surface area contributed by atoms with Crippen molar-refractivity contribution in [3.05, 3.63) is 0 Å². The van der Waals surface area contributed by atoms with Crippen LogP contribution in [0, 0.1) is 0 Å². The highest BCUT2D eigenvalue weighted by Gasteiger charge is 2.52. The third-order valence-electron chi connectivity index (χ3n) is 5.44. The predicted molar refractivity (Wildman–Crippen MR) is 81.1 cm³/mol. The molecule has 3 fully saturated rings. The number of likely N-dealkylation sites (tertiary alicyclic amines) is 1. The van der Waals surface area contributed by atoms with Gasteiger partial charge < -0.3 is 19.8 Å². The molecule has 3 heterocycles. The number of hydrogen-bond acceptors (Lipinski definition) is 5. The third kappa shape index (κ3) is 2.75. The van der Waals surface area contributed by atoms with Gasteiger partial charge in [0.1, 0.15) is 6.10 Å². The van der Waals surface area contributed by atoms with Crippen LogP contribution in [-0.4, -0.2) is 69.7 Å². The van der Waals surface area contributed by atoms with Gasteiger partial charge in [-0.3, -0.25) is 0 Å². The van der Waals surface area contributed by atoms with Crippen LogP contribution in [0.4, 0.5) is 0 Å². The molecule has 3 rings (SSSR count). The fraction of sp³-hybridized carbons (Fsp3) is 1.00. The zero-order chi connectivity index (χ0) is 14.2. The lowest BCUT2D eigenvalue weighted by atomic mass is 9.75. The monoisotopic (exact) mass is 301 g/mol. The number of ether oxygens (including phenoxy) is 1. The zero-order valence-corrected chi connectivity index (χ0v) is 13.2.